The molecule has 0 aromatic carbocycles. The molecule has 0 bridgehead atoms. The van der Waals surface area contributed by atoms with E-state index in [1.165, 1.54) is 11.3 Å². The van der Waals surface area contributed by atoms with Gasteiger partial charge in [-0.3, -0.25) is 4.79 Å². The fourth-order valence-corrected chi connectivity index (χ4v) is 3.45. The highest BCUT2D eigenvalue weighted by molar-refractivity contribution is 7.12. The van der Waals surface area contributed by atoms with Crippen molar-refractivity contribution < 1.29 is 9.53 Å². The molecule has 1 aliphatic rings. The summed E-state index contributed by atoms with van der Waals surface area (Å²) >= 11 is 1.48. The maximum absolute atomic E-state index is 12.4. The average molecular weight is 238 g/mol. The van der Waals surface area contributed by atoms with Crippen LogP contribution in [0.4, 0.5) is 0 Å². The van der Waals surface area contributed by atoms with Crippen LogP contribution in [-0.2, 0) is 0 Å². The van der Waals surface area contributed by atoms with E-state index in [-0.39, 0.29) is 22.5 Å². The van der Waals surface area contributed by atoms with Crippen LogP contribution in [0.25, 0.3) is 0 Å². The van der Waals surface area contributed by atoms with Crippen molar-refractivity contribution in [3.63, 3.8) is 0 Å². The minimum Gasteiger partial charge on any atom is -0.495 e. The Bertz CT molecular complexity index is 415. The molecule has 0 atom stereocenters. The summed E-state index contributed by atoms with van der Waals surface area (Å²) in [4.78, 5) is 13.2. The Morgan fingerprint density at radius 1 is 1.31 bits per heavy atom. The second-order valence-corrected chi connectivity index (χ2v) is 6.47. The molecule has 1 aromatic heterocycles. The number of methoxy groups -OCH3 is 1. The molecule has 1 fully saturated rings. The van der Waals surface area contributed by atoms with E-state index < -0.39 is 0 Å². The highest BCUT2D eigenvalue weighted by atomic mass is 32.1. The van der Waals surface area contributed by atoms with Crippen LogP contribution in [-0.4, -0.2) is 12.9 Å². The maximum Gasteiger partial charge on any atom is 0.180 e. The van der Waals surface area contributed by atoms with Gasteiger partial charge in [-0.05, 0) is 22.3 Å². The van der Waals surface area contributed by atoms with Crippen molar-refractivity contribution >= 4 is 17.1 Å². The first-order valence-corrected chi connectivity index (χ1v) is 6.37. The van der Waals surface area contributed by atoms with E-state index >= 15 is 0 Å². The molecule has 3 heteroatoms. The Kier molecular flexibility index (Phi) is 2.42. The average Bonchev–Trinajstić information content (AvgIpc) is 2.58. The first-order valence-electron chi connectivity index (χ1n) is 5.49. The second-order valence-electron chi connectivity index (χ2n) is 5.56. The number of carbonyl (C=O) groups excluding carboxylic acids is 1. The van der Waals surface area contributed by atoms with Crippen LogP contribution in [0.1, 0.15) is 37.4 Å². The lowest BCUT2D eigenvalue weighted by Gasteiger charge is -2.03. The van der Waals surface area contributed by atoms with Crippen LogP contribution in [0.15, 0.2) is 11.4 Å². The second kappa shape index (κ2) is 3.33. The van der Waals surface area contributed by atoms with Gasteiger partial charge in [0, 0.05) is 5.92 Å². The number of ether oxygens (including phenoxy) is 1. The van der Waals surface area contributed by atoms with Gasteiger partial charge in [-0.25, -0.2) is 0 Å². The van der Waals surface area contributed by atoms with Crippen molar-refractivity contribution in [2.75, 3.05) is 7.11 Å². The topological polar surface area (TPSA) is 26.3 Å². The van der Waals surface area contributed by atoms with Gasteiger partial charge in [0.1, 0.15) is 10.6 Å². The summed E-state index contributed by atoms with van der Waals surface area (Å²) in [7, 11) is 1.61. The smallest absolute Gasteiger partial charge is 0.180 e. The SMILES string of the molecule is COc1ccsc1C(=O)C1C(C)(C)C1(C)C. The Labute approximate surface area is 101 Å². The largest absolute Gasteiger partial charge is 0.495 e. The van der Waals surface area contributed by atoms with E-state index in [2.05, 4.69) is 27.7 Å². The van der Waals surface area contributed by atoms with E-state index in [0.717, 1.165) is 4.88 Å². The van der Waals surface area contributed by atoms with E-state index in [1.807, 2.05) is 11.4 Å². The number of thiophene rings is 1. The standard InChI is InChI=1S/C13H18O2S/c1-12(2)11(13(12,3)4)9(14)10-8(15-5)6-7-16-10/h6-7,11H,1-5H3. The van der Waals surface area contributed by atoms with E-state index in [1.54, 1.807) is 7.11 Å². The quantitative estimate of drug-likeness (QED) is 0.752. The molecule has 0 amide bonds. The molecule has 2 nitrogen and oxygen atoms in total. The van der Waals surface area contributed by atoms with Gasteiger partial charge in [0.25, 0.3) is 0 Å². The number of rotatable bonds is 3. The Balaban J connectivity index is 2.29. The summed E-state index contributed by atoms with van der Waals surface area (Å²) in [6, 6.07) is 1.86. The summed E-state index contributed by atoms with van der Waals surface area (Å²) < 4.78 is 5.21. The lowest BCUT2D eigenvalue weighted by molar-refractivity contribution is 0.0946. The molecular formula is C13H18O2S. The molecule has 0 N–H and O–H groups in total. The molecule has 0 unspecified atom stereocenters. The third-order valence-corrected chi connectivity index (χ3v) is 5.27. The number of carbonyl (C=O) groups is 1. The molecule has 1 saturated carbocycles. The monoisotopic (exact) mass is 238 g/mol. The third kappa shape index (κ3) is 1.34. The van der Waals surface area contributed by atoms with Crippen molar-refractivity contribution in [3.05, 3.63) is 16.3 Å². The van der Waals surface area contributed by atoms with Crippen LogP contribution in [0.3, 0.4) is 0 Å². The molecule has 0 radical (unpaired) electrons. The molecule has 1 aromatic rings. The highest BCUT2D eigenvalue weighted by Crippen LogP contribution is 2.69. The Morgan fingerprint density at radius 3 is 2.31 bits per heavy atom. The van der Waals surface area contributed by atoms with Crippen LogP contribution in [0.2, 0.25) is 0 Å². The minimum absolute atomic E-state index is 0.0963. The Morgan fingerprint density at radius 2 is 1.88 bits per heavy atom. The number of Topliss-reactive ketones (excluding diaryl/α,β-unsaturated/α-hetero) is 1. The summed E-state index contributed by atoms with van der Waals surface area (Å²) in [5, 5.41) is 1.91. The molecule has 1 aliphatic carbocycles. The maximum atomic E-state index is 12.4. The Hall–Kier alpha value is -0.830. The fourth-order valence-electron chi connectivity index (χ4n) is 2.62. The van der Waals surface area contributed by atoms with E-state index in [0.29, 0.717) is 5.75 Å². The first-order chi connectivity index (χ1) is 7.34. The highest BCUT2D eigenvalue weighted by Gasteiger charge is 2.68. The van der Waals surface area contributed by atoms with Crippen LogP contribution in [0.5, 0.6) is 5.75 Å². The van der Waals surface area contributed by atoms with Crippen molar-refractivity contribution in [1.29, 1.82) is 0 Å². The fraction of sp³-hybridized carbons (Fsp3) is 0.615. The number of hydrogen-bond donors (Lipinski definition) is 0. The van der Waals surface area contributed by atoms with E-state index in [9.17, 15) is 4.79 Å². The molecule has 1 heterocycles. The zero-order valence-electron chi connectivity index (χ0n) is 10.5. The molecule has 16 heavy (non-hydrogen) atoms. The molecule has 0 aliphatic heterocycles. The van der Waals surface area contributed by atoms with E-state index in [4.69, 9.17) is 4.74 Å². The van der Waals surface area contributed by atoms with Crippen LogP contribution in [0, 0.1) is 16.7 Å². The zero-order valence-corrected chi connectivity index (χ0v) is 11.3. The summed E-state index contributed by atoms with van der Waals surface area (Å²) in [5.74, 6) is 1.07. The minimum atomic E-state index is 0.0963. The lowest BCUT2D eigenvalue weighted by atomic mass is 10.0. The van der Waals surface area contributed by atoms with Crippen LogP contribution < -0.4 is 4.74 Å². The first kappa shape index (κ1) is 11.6. The molecule has 2 rings (SSSR count). The van der Waals surface area contributed by atoms with Gasteiger partial charge >= 0.3 is 0 Å². The predicted molar refractivity (Wildman–Crippen MR) is 66.3 cm³/mol. The van der Waals surface area contributed by atoms with Gasteiger partial charge in [-0.2, -0.15) is 0 Å². The number of hydrogen-bond acceptors (Lipinski definition) is 3. The van der Waals surface area contributed by atoms with Crippen LogP contribution >= 0.6 is 11.3 Å². The van der Waals surface area contributed by atoms with Crippen molar-refractivity contribution in [2.45, 2.75) is 27.7 Å². The van der Waals surface area contributed by atoms with Gasteiger partial charge in [-0.1, -0.05) is 27.7 Å². The lowest BCUT2D eigenvalue weighted by Crippen LogP contribution is -2.06. The summed E-state index contributed by atoms with van der Waals surface area (Å²) in [6.45, 7) is 8.65. The van der Waals surface area contributed by atoms with Gasteiger partial charge < -0.3 is 4.74 Å². The van der Waals surface area contributed by atoms with Crippen molar-refractivity contribution in [1.82, 2.24) is 0 Å². The molecule has 0 spiro atoms. The molecule has 0 saturated heterocycles. The van der Waals surface area contributed by atoms with Crippen molar-refractivity contribution in [3.8, 4) is 5.75 Å². The van der Waals surface area contributed by atoms with Crippen molar-refractivity contribution in [2.24, 2.45) is 16.7 Å². The zero-order chi connectivity index (χ0) is 12.1. The van der Waals surface area contributed by atoms with Gasteiger partial charge in [0.05, 0.1) is 7.11 Å². The third-order valence-electron chi connectivity index (χ3n) is 4.36. The summed E-state index contributed by atoms with van der Waals surface area (Å²) in [5.41, 5.74) is 0.193. The normalized spacial score (nSPS) is 21.8. The van der Waals surface area contributed by atoms with Gasteiger partial charge in [-0.15, -0.1) is 11.3 Å². The molecular weight excluding hydrogens is 220 g/mol. The summed E-state index contributed by atoms with van der Waals surface area (Å²) in [6.07, 6.45) is 0. The van der Waals surface area contributed by atoms with Gasteiger partial charge in [0.15, 0.2) is 5.78 Å². The number of ketones is 1. The predicted octanol–water partition coefficient (Wildman–Crippen LogP) is 3.62. The van der Waals surface area contributed by atoms with Gasteiger partial charge in [0.2, 0.25) is 0 Å². The molecule has 88 valence electrons.